The number of likely N-dealkylation sites (tertiary alicyclic amines) is 1. The number of nitrogens with zero attached hydrogens (tertiary/aromatic N) is 5. The van der Waals surface area contributed by atoms with E-state index in [0.717, 1.165) is 49.8 Å². The van der Waals surface area contributed by atoms with E-state index in [1.807, 2.05) is 37.2 Å². The summed E-state index contributed by atoms with van der Waals surface area (Å²) in [5.74, 6) is 2.20. The highest BCUT2D eigenvalue weighted by Crippen LogP contribution is 2.27. The maximum Gasteiger partial charge on any atom is 0.218 e. The van der Waals surface area contributed by atoms with Crippen LogP contribution in [0.25, 0.3) is 0 Å². The quantitative estimate of drug-likeness (QED) is 0.380. The summed E-state index contributed by atoms with van der Waals surface area (Å²) in [6.45, 7) is 2.62. The molecule has 0 radical (unpaired) electrons. The fraction of sp³-hybridized carbons (Fsp3) is 0.571. The van der Waals surface area contributed by atoms with Crippen molar-refractivity contribution in [3.8, 4) is 5.88 Å². The first-order chi connectivity index (χ1) is 13.7. The number of nitrogens with one attached hydrogen (secondary N) is 1. The lowest BCUT2D eigenvalue weighted by molar-refractivity contribution is 0.199. The van der Waals surface area contributed by atoms with Gasteiger partial charge < -0.3 is 15.0 Å². The van der Waals surface area contributed by atoms with Crippen molar-refractivity contribution in [3.05, 3.63) is 41.9 Å². The van der Waals surface area contributed by atoms with E-state index in [4.69, 9.17) is 4.74 Å². The Labute approximate surface area is 190 Å². The topological polar surface area (TPSA) is 67.6 Å². The van der Waals surface area contributed by atoms with E-state index < -0.39 is 0 Å². The van der Waals surface area contributed by atoms with Crippen LogP contribution >= 0.6 is 24.0 Å². The van der Waals surface area contributed by atoms with Gasteiger partial charge in [-0.2, -0.15) is 5.10 Å². The second-order valence-electron chi connectivity index (χ2n) is 7.77. The molecule has 7 nitrogen and oxygen atoms in total. The number of aryl methyl sites for hydroxylation is 1. The van der Waals surface area contributed by atoms with Crippen molar-refractivity contribution < 1.29 is 4.74 Å². The van der Waals surface area contributed by atoms with Gasteiger partial charge in [0.2, 0.25) is 5.88 Å². The third kappa shape index (κ3) is 5.40. The summed E-state index contributed by atoms with van der Waals surface area (Å²) in [6.07, 6.45) is 12.1. The molecule has 1 saturated carbocycles. The summed E-state index contributed by atoms with van der Waals surface area (Å²) < 4.78 is 8.04. The minimum absolute atomic E-state index is 0. The van der Waals surface area contributed by atoms with Gasteiger partial charge >= 0.3 is 0 Å². The van der Waals surface area contributed by atoms with Crippen molar-refractivity contribution in [1.82, 2.24) is 25.0 Å². The van der Waals surface area contributed by atoms with Gasteiger partial charge in [0, 0.05) is 57.6 Å². The van der Waals surface area contributed by atoms with Crippen LogP contribution in [0, 0.1) is 0 Å². The molecule has 1 saturated heterocycles. The summed E-state index contributed by atoms with van der Waals surface area (Å²) in [5.41, 5.74) is 2.39. The second kappa shape index (κ2) is 10.3. The Bertz CT molecular complexity index is 817. The fourth-order valence-corrected chi connectivity index (χ4v) is 4.21. The summed E-state index contributed by atoms with van der Waals surface area (Å²) in [6, 6.07) is 4.05. The molecule has 29 heavy (non-hydrogen) atoms. The molecule has 4 rings (SSSR count). The predicted octanol–water partition coefficient (Wildman–Crippen LogP) is 3.32. The molecule has 0 spiro atoms. The summed E-state index contributed by atoms with van der Waals surface area (Å²) in [5, 5.41) is 7.82. The number of rotatable bonds is 5. The molecule has 3 heterocycles. The van der Waals surface area contributed by atoms with Gasteiger partial charge in [0.05, 0.1) is 6.20 Å². The largest absolute Gasteiger partial charge is 0.474 e. The Morgan fingerprint density at radius 1 is 1.31 bits per heavy atom. The van der Waals surface area contributed by atoms with Gasteiger partial charge in [-0.05, 0) is 43.7 Å². The molecule has 2 aliphatic rings. The predicted molar refractivity (Wildman–Crippen MR) is 125 cm³/mol. The number of hydrogen-bond donors (Lipinski definition) is 1. The van der Waals surface area contributed by atoms with E-state index >= 15 is 0 Å². The van der Waals surface area contributed by atoms with Crippen LogP contribution in [-0.2, 0) is 13.6 Å². The van der Waals surface area contributed by atoms with E-state index in [1.165, 1.54) is 18.4 Å². The van der Waals surface area contributed by atoms with Crippen LogP contribution in [0.3, 0.4) is 0 Å². The Balaban J connectivity index is 0.00000240. The Morgan fingerprint density at radius 2 is 2.14 bits per heavy atom. The van der Waals surface area contributed by atoms with E-state index in [9.17, 15) is 0 Å². The van der Waals surface area contributed by atoms with Gasteiger partial charge in [0.1, 0.15) is 6.10 Å². The van der Waals surface area contributed by atoms with Crippen molar-refractivity contribution >= 4 is 29.9 Å². The van der Waals surface area contributed by atoms with Gasteiger partial charge in [-0.1, -0.05) is 6.07 Å². The van der Waals surface area contributed by atoms with Crippen LogP contribution in [0.5, 0.6) is 5.88 Å². The molecule has 0 aromatic carbocycles. The highest BCUT2D eigenvalue weighted by atomic mass is 127. The Kier molecular flexibility index (Phi) is 7.74. The van der Waals surface area contributed by atoms with E-state index in [1.54, 1.807) is 0 Å². The van der Waals surface area contributed by atoms with Crippen molar-refractivity contribution in [1.29, 1.82) is 0 Å². The van der Waals surface area contributed by atoms with Crippen LogP contribution in [0.15, 0.2) is 35.7 Å². The molecule has 1 unspecified atom stereocenters. The third-order valence-corrected chi connectivity index (χ3v) is 5.76. The highest BCUT2D eigenvalue weighted by Gasteiger charge is 2.27. The van der Waals surface area contributed by atoms with Crippen molar-refractivity contribution in [2.24, 2.45) is 12.0 Å². The molecule has 0 bridgehead atoms. The molecule has 2 aromatic rings. The van der Waals surface area contributed by atoms with Gasteiger partial charge in [0.25, 0.3) is 0 Å². The lowest BCUT2D eigenvalue weighted by Crippen LogP contribution is -2.39. The molecule has 158 valence electrons. The number of ether oxygens (including phenoxy) is 1. The molecule has 0 amide bonds. The molecule has 1 aliphatic carbocycles. The monoisotopic (exact) mass is 510 g/mol. The normalized spacial score (nSPS) is 20.0. The average molecular weight is 510 g/mol. The number of aliphatic imine (C=N–C) groups is 1. The number of hydrogen-bond acceptors (Lipinski definition) is 4. The third-order valence-electron chi connectivity index (χ3n) is 5.76. The summed E-state index contributed by atoms with van der Waals surface area (Å²) in [7, 11) is 3.81. The van der Waals surface area contributed by atoms with Gasteiger partial charge in [0.15, 0.2) is 5.96 Å². The first kappa shape index (κ1) is 21.9. The van der Waals surface area contributed by atoms with E-state index in [0.29, 0.717) is 18.6 Å². The molecule has 8 heteroatoms. The maximum atomic E-state index is 6.16. The highest BCUT2D eigenvalue weighted by molar-refractivity contribution is 14.0. The lowest BCUT2D eigenvalue weighted by atomic mass is 10.0. The minimum Gasteiger partial charge on any atom is -0.474 e. The Morgan fingerprint density at radius 3 is 2.86 bits per heavy atom. The molecule has 1 N–H and O–H groups in total. The van der Waals surface area contributed by atoms with Gasteiger partial charge in [-0.3, -0.25) is 9.67 Å². The van der Waals surface area contributed by atoms with Gasteiger partial charge in [-0.15, -0.1) is 24.0 Å². The molecular formula is C21H31IN6O. The van der Waals surface area contributed by atoms with E-state index in [2.05, 4.69) is 37.6 Å². The number of pyridine rings is 1. The number of guanidine groups is 1. The first-order valence-corrected chi connectivity index (χ1v) is 10.3. The smallest absolute Gasteiger partial charge is 0.218 e. The number of aromatic nitrogens is 3. The van der Waals surface area contributed by atoms with Crippen LogP contribution in [0.4, 0.5) is 0 Å². The molecule has 2 aromatic heterocycles. The van der Waals surface area contributed by atoms with Crippen LogP contribution in [0.1, 0.15) is 49.1 Å². The van der Waals surface area contributed by atoms with Crippen molar-refractivity contribution in [2.45, 2.75) is 50.7 Å². The zero-order valence-corrected chi connectivity index (χ0v) is 19.6. The maximum absolute atomic E-state index is 6.16. The lowest BCUT2D eigenvalue weighted by Gasteiger charge is -2.22. The minimum atomic E-state index is 0. The average Bonchev–Trinajstić information content (AvgIpc) is 3.45. The van der Waals surface area contributed by atoms with Gasteiger partial charge in [-0.25, -0.2) is 4.98 Å². The first-order valence-electron chi connectivity index (χ1n) is 10.3. The number of halogens is 1. The zero-order chi connectivity index (χ0) is 19.3. The van der Waals surface area contributed by atoms with Crippen molar-refractivity contribution in [3.63, 3.8) is 0 Å². The molecule has 1 atom stereocenters. The fourth-order valence-electron chi connectivity index (χ4n) is 4.21. The molecule has 2 fully saturated rings. The standard InChI is InChI=1S/C21H30N6O.HI/c1-22-21(27-11-9-17(15-27)18-13-25-26(2)14-18)24-12-16-6-5-10-23-20(16)28-19-7-3-4-8-19;/h5-6,10,13-14,17,19H,3-4,7-9,11-12,15H2,1-2H3,(H,22,24);1H. The summed E-state index contributed by atoms with van der Waals surface area (Å²) >= 11 is 0. The molecule has 1 aliphatic heterocycles. The Hall–Kier alpha value is -1.84. The molecular weight excluding hydrogens is 479 g/mol. The van der Waals surface area contributed by atoms with Crippen LogP contribution in [-0.4, -0.2) is 51.9 Å². The zero-order valence-electron chi connectivity index (χ0n) is 17.3. The SMILES string of the molecule is CN=C(NCc1cccnc1OC1CCCC1)N1CCC(c2cnn(C)c2)C1.I. The van der Waals surface area contributed by atoms with Crippen LogP contribution < -0.4 is 10.1 Å². The van der Waals surface area contributed by atoms with E-state index in [-0.39, 0.29) is 24.0 Å². The second-order valence-corrected chi connectivity index (χ2v) is 7.77. The van der Waals surface area contributed by atoms with Crippen LogP contribution in [0.2, 0.25) is 0 Å². The van der Waals surface area contributed by atoms with Crippen molar-refractivity contribution in [2.75, 3.05) is 20.1 Å². The summed E-state index contributed by atoms with van der Waals surface area (Å²) in [4.78, 5) is 11.3.